The van der Waals surface area contributed by atoms with Gasteiger partial charge in [0.15, 0.2) is 0 Å². The third-order valence-electron chi connectivity index (χ3n) is 3.72. The number of rotatable bonds is 4. The number of carbonyl (C=O) groups excluding carboxylic acids is 2. The van der Waals surface area contributed by atoms with Crippen molar-refractivity contribution in [3.63, 3.8) is 0 Å². The van der Waals surface area contributed by atoms with Gasteiger partial charge in [0.2, 0.25) is 5.91 Å². The number of ketones is 1. The maximum atomic E-state index is 12.2. The molecule has 17 heavy (non-hydrogen) atoms. The van der Waals surface area contributed by atoms with Crippen molar-refractivity contribution in [1.29, 1.82) is 0 Å². The minimum atomic E-state index is -0.199. The third kappa shape index (κ3) is 2.37. The van der Waals surface area contributed by atoms with Crippen molar-refractivity contribution in [3.8, 4) is 0 Å². The van der Waals surface area contributed by atoms with Gasteiger partial charge in [-0.3, -0.25) is 9.59 Å². The van der Waals surface area contributed by atoms with Gasteiger partial charge in [-0.25, -0.2) is 0 Å². The Hall–Kier alpha value is -0.900. The Bertz CT molecular complexity index is 332. The van der Waals surface area contributed by atoms with Crippen molar-refractivity contribution >= 4 is 11.7 Å². The number of nitrogens with zero attached hydrogens (tertiary/aromatic N) is 1. The maximum Gasteiger partial charge on any atom is 0.229 e. The van der Waals surface area contributed by atoms with Crippen LogP contribution in [-0.2, 0) is 14.3 Å². The van der Waals surface area contributed by atoms with Crippen LogP contribution in [0.2, 0.25) is 0 Å². The van der Waals surface area contributed by atoms with Gasteiger partial charge in [0.1, 0.15) is 5.78 Å². The maximum absolute atomic E-state index is 12.2. The van der Waals surface area contributed by atoms with E-state index in [0.29, 0.717) is 0 Å². The van der Waals surface area contributed by atoms with Crippen LogP contribution in [0, 0.1) is 5.41 Å². The SMILES string of the molecule is CC(=O)CN1CCC2(CC(OC(C)C)C2)C1=O. The van der Waals surface area contributed by atoms with Crippen LogP contribution < -0.4 is 0 Å². The van der Waals surface area contributed by atoms with Crippen molar-refractivity contribution in [2.45, 2.75) is 52.2 Å². The molecule has 4 heteroatoms. The van der Waals surface area contributed by atoms with Crippen molar-refractivity contribution < 1.29 is 14.3 Å². The molecule has 0 bridgehead atoms. The summed E-state index contributed by atoms with van der Waals surface area (Å²) < 4.78 is 5.70. The molecule has 1 aliphatic carbocycles. The lowest BCUT2D eigenvalue weighted by molar-refractivity contribution is -0.155. The molecule has 0 aromatic heterocycles. The number of Topliss-reactive ketones (excluding diaryl/α,β-unsaturated/α-hetero) is 1. The predicted octanol–water partition coefficient (Wildman–Crippen LogP) is 1.38. The van der Waals surface area contributed by atoms with Crippen LogP contribution >= 0.6 is 0 Å². The minimum Gasteiger partial charge on any atom is -0.375 e. The van der Waals surface area contributed by atoms with E-state index in [1.54, 1.807) is 4.90 Å². The fourth-order valence-corrected chi connectivity index (χ4v) is 2.98. The Kier molecular flexibility index (Phi) is 3.25. The third-order valence-corrected chi connectivity index (χ3v) is 3.72. The summed E-state index contributed by atoms with van der Waals surface area (Å²) in [6.07, 6.45) is 3.01. The van der Waals surface area contributed by atoms with E-state index in [0.717, 1.165) is 25.8 Å². The van der Waals surface area contributed by atoms with Gasteiger partial charge in [0, 0.05) is 6.54 Å². The average molecular weight is 239 g/mol. The van der Waals surface area contributed by atoms with Gasteiger partial charge < -0.3 is 9.64 Å². The summed E-state index contributed by atoms with van der Waals surface area (Å²) in [5.41, 5.74) is -0.199. The molecule has 2 aliphatic rings. The van der Waals surface area contributed by atoms with Crippen LogP contribution in [0.1, 0.15) is 40.0 Å². The predicted molar refractivity (Wildman–Crippen MR) is 63.6 cm³/mol. The Morgan fingerprint density at radius 3 is 2.71 bits per heavy atom. The van der Waals surface area contributed by atoms with Gasteiger partial charge >= 0.3 is 0 Å². The van der Waals surface area contributed by atoms with Gasteiger partial charge in [0.25, 0.3) is 0 Å². The van der Waals surface area contributed by atoms with Crippen molar-refractivity contribution in [1.82, 2.24) is 4.90 Å². The first-order chi connectivity index (χ1) is 7.93. The quantitative estimate of drug-likeness (QED) is 0.744. The number of ether oxygens (including phenoxy) is 1. The molecule has 0 atom stereocenters. The molecule has 2 fully saturated rings. The van der Waals surface area contributed by atoms with Crippen molar-refractivity contribution in [2.75, 3.05) is 13.1 Å². The average Bonchev–Trinajstić information content (AvgIpc) is 2.44. The zero-order valence-corrected chi connectivity index (χ0v) is 10.9. The molecular weight excluding hydrogens is 218 g/mol. The number of likely N-dealkylation sites (tertiary alicyclic amines) is 1. The van der Waals surface area contributed by atoms with E-state index in [4.69, 9.17) is 4.74 Å². The highest BCUT2D eigenvalue weighted by Crippen LogP contribution is 2.50. The number of amides is 1. The molecule has 0 N–H and O–H groups in total. The Morgan fingerprint density at radius 2 is 2.18 bits per heavy atom. The summed E-state index contributed by atoms with van der Waals surface area (Å²) in [7, 11) is 0. The van der Waals surface area contributed by atoms with Gasteiger partial charge in [-0.15, -0.1) is 0 Å². The summed E-state index contributed by atoms with van der Waals surface area (Å²) in [5, 5.41) is 0. The fourth-order valence-electron chi connectivity index (χ4n) is 2.98. The normalized spacial score (nSPS) is 32.4. The minimum absolute atomic E-state index is 0.0599. The molecule has 1 saturated heterocycles. The molecule has 1 heterocycles. The van der Waals surface area contributed by atoms with E-state index in [1.807, 2.05) is 13.8 Å². The highest BCUT2D eigenvalue weighted by molar-refractivity contribution is 5.90. The summed E-state index contributed by atoms with van der Waals surface area (Å²) in [6, 6.07) is 0. The molecule has 4 nitrogen and oxygen atoms in total. The van der Waals surface area contributed by atoms with Gasteiger partial charge in [-0.1, -0.05) is 0 Å². The Morgan fingerprint density at radius 1 is 1.53 bits per heavy atom. The lowest BCUT2D eigenvalue weighted by Crippen LogP contribution is -2.49. The highest BCUT2D eigenvalue weighted by Gasteiger charge is 2.55. The number of carbonyl (C=O) groups is 2. The first kappa shape index (κ1) is 12.6. The lowest BCUT2D eigenvalue weighted by atomic mass is 9.65. The molecule has 1 spiro atoms. The smallest absolute Gasteiger partial charge is 0.229 e. The second kappa shape index (κ2) is 4.41. The standard InChI is InChI=1S/C13H21NO3/c1-9(2)17-11-6-13(7-11)4-5-14(12(13)16)8-10(3)15/h9,11H,4-8H2,1-3H3. The van der Waals surface area contributed by atoms with Gasteiger partial charge in [0.05, 0.1) is 24.2 Å². The van der Waals surface area contributed by atoms with E-state index in [9.17, 15) is 9.59 Å². The molecule has 1 amide bonds. The first-order valence-corrected chi connectivity index (χ1v) is 6.37. The van der Waals surface area contributed by atoms with Crippen LogP contribution in [0.5, 0.6) is 0 Å². The summed E-state index contributed by atoms with van der Waals surface area (Å²) in [6.45, 7) is 6.57. The van der Waals surface area contributed by atoms with E-state index in [2.05, 4.69) is 0 Å². The van der Waals surface area contributed by atoms with Crippen molar-refractivity contribution in [3.05, 3.63) is 0 Å². The van der Waals surface area contributed by atoms with E-state index < -0.39 is 0 Å². The first-order valence-electron chi connectivity index (χ1n) is 6.37. The lowest BCUT2D eigenvalue weighted by Gasteiger charge is -2.43. The molecule has 0 radical (unpaired) electrons. The molecular formula is C13H21NO3. The van der Waals surface area contributed by atoms with E-state index >= 15 is 0 Å². The van der Waals surface area contributed by atoms with Crippen LogP contribution in [-0.4, -0.2) is 41.9 Å². The largest absolute Gasteiger partial charge is 0.375 e. The molecule has 96 valence electrons. The zero-order valence-electron chi connectivity index (χ0n) is 10.9. The molecule has 2 rings (SSSR count). The number of hydrogen-bond donors (Lipinski definition) is 0. The summed E-state index contributed by atoms with van der Waals surface area (Å²) in [5.74, 6) is 0.223. The van der Waals surface area contributed by atoms with Gasteiger partial charge in [-0.05, 0) is 40.0 Å². The second-order valence-electron chi connectivity index (χ2n) is 5.67. The van der Waals surface area contributed by atoms with Crippen LogP contribution in [0.4, 0.5) is 0 Å². The van der Waals surface area contributed by atoms with Crippen LogP contribution in [0.25, 0.3) is 0 Å². The Labute approximate surface area is 102 Å². The van der Waals surface area contributed by atoms with E-state index in [-0.39, 0.29) is 35.9 Å². The van der Waals surface area contributed by atoms with Crippen LogP contribution in [0.3, 0.4) is 0 Å². The summed E-state index contributed by atoms with van der Waals surface area (Å²) in [4.78, 5) is 25.0. The van der Waals surface area contributed by atoms with Gasteiger partial charge in [-0.2, -0.15) is 0 Å². The molecule has 1 saturated carbocycles. The molecule has 0 aromatic rings. The topological polar surface area (TPSA) is 46.6 Å². The Balaban J connectivity index is 1.89. The highest BCUT2D eigenvalue weighted by atomic mass is 16.5. The molecule has 0 aromatic carbocycles. The fraction of sp³-hybridized carbons (Fsp3) is 0.846. The van der Waals surface area contributed by atoms with Crippen molar-refractivity contribution in [2.24, 2.45) is 5.41 Å². The second-order valence-corrected chi connectivity index (χ2v) is 5.67. The van der Waals surface area contributed by atoms with E-state index in [1.165, 1.54) is 6.92 Å². The number of hydrogen-bond acceptors (Lipinski definition) is 3. The molecule has 1 aliphatic heterocycles. The molecule has 0 unspecified atom stereocenters. The van der Waals surface area contributed by atoms with Crippen LogP contribution in [0.15, 0.2) is 0 Å². The monoisotopic (exact) mass is 239 g/mol. The summed E-state index contributed by atoms with van der Waals surface area (Å²) >= 11 is 0. The zero-order chi connectivity index (χ0) is 12.6.